The molecule has 0 atom stereocenters. The van der Waals surface area contributed by atoms with Crippen LogP contribution in [0.25, 0.3) is 0 Å². The van der Waals surface area contributed by atoms with Crippen LogP contribution in [-0.2, 0) is 0 Å². The molecule has 1 nitrogen and oxygen atoms in total. The van der Waals surface area contributed by atoms with E-state index in [2.05, 4.69) is 0 Å². The Kier molecular flexibility index (Phi) is 2.76. The number of rotatable bonds is 1. The Hall–Kier alpha value is -0.460. The van der Waals surface area contributed by atoms with Crippen LogP contribution < -0.4 is 0 Å². The fraction of sp³-hybridized carbons (Fsp3) is 0.750. The minimum absolute atomic E-state index is 2.05. The average Bonchev–Trinajstić information content (AvgIpc) is 1.56. The molecule has 0 aromatic heterocycles. The maximum atomic E-state index is 11.3. The van der Waals surface area contributed by atoms with E-state index in [0.29, 0.717) is 0 Å². The predicted molar refractivity (Wildman–Crippen MR) is 22.4 cm³/mol. The van der Waals surface area contributed by atoms with Gasteiger partial charge in [0.05, 0.1) is 6.61 Å². The molecule has 0 rings (SSSR count). The molecular formula is C4H3F6O. The molecular weight excluding hydrogens is 178 g/mol. The van der Waals surface area contributed by atoms with Crippen molar-refractivity contribution in [3.63, 3.8) is 0 Å². The van der Waals surface area contributed by atoms with E-state index < -0.39 is 24.9 Å². The summed E-state index contributed by atoms with van der Waals surface area (Å²) in [4.78, 5) is 0. The summed E-state index contributed by atoms with van der Waals surface area (Å²) in [7, 11) is 0. The smallest absolute Gasteiger partial charge is 0.395 e. The molecule has 0 unspecified atom stereocenters. The van der Waals surface area contributed by atoms with E-state index in [9.17, 15) is 26.3 Å². The zero-order valence-electron chi connectivity index (χ0n) is 4.92. The second-order valence-electron chi connectivity index (χ2n) is 1.63. The fourth-order valence-electron chi connectivity index (χ4n) is 0.340. The maximum absolute atomic E-state index is 11.3. The summed E-state index contributed by atoms with van der Waals surface area (Å²) in [6, 6.07) is 0. The first-order chi connectivity index (χ1) is 4.69. The molecule has 0 fully saturated rings. The molecule has 0 aliphatic heterocycles. The van der Waals surface area contributed by atoms with Crippen LogP contribution in [0.15, 0.2) is 0 Å². The zero-order chi connectivity index (χ0) is 9.28. The van der Waals surface area contributed by atoms with Crippen LogP contribution in [0.1, 0.15) is 0 Å². The number of hydrogen-bond acceptors (Lipinski definition) is 1. The van der Waals surface area contributed by atoms with Gasteiger partial charge in [-0.3, -0.25) is 0 Å². The lowest BCUT2D eigenvalue weighted by atomic mass is 10.1. The molecule has 1 N–H and O–H groups in total. The highest BCUT2D eigenvalue weighted by Gasteiger charge is 2.57. The Morgan fingerprint density at radius 3 is 1.18 bits per heavy atom. The number of hydrogen-bond donors (Lipinski definition) is 1. The molecule has 1 radical (unpaired) electrons. The highest BCUT2D eigenvalue weighted by molar-refractivity contribution is 5.04. The SMILES string of the molecule is OC[C](C(F)(F)F)C(F)(F)F. The lowest BCUT2D eigenvalue weighted by molar-refractivity contribution is -0.211. The number of alkyl halides is 6. The first kappa shape index (κ1) is 10.5. The van der Waals surface area contributed by atoms with Gasteiger partial charge in [-0.1, -0.05) is 0 Å². The van der Waals surface area contributed by atoms with Crippen molar-refractivity contribution in [2.24, 2.45) is 0 Å². The van der Waals surface area contributed by atoms with Crippen molar-refractivity contribution in [3.05, 3.63) is 5.92 Å². The molecule has 11 heavy (non-hydrogen) atoms. The molecule has 0 heterocycles. The molecule has 0 aromatic carbocycles. The van der Waals surface area contributed by atoms with Crippen molar-refractivity contribution in [2.45, 2.75) is 12.4 Å². The van der Waals surface area contributed by atoms with Gasteiger partial charge in [-0.05, 0) is 0 Å². The minimum Gasteiger partial charge on any atom is -0.395 e. The van der Waals surface area contributed by atoms with Gasteiger partial charge in [0, 0.05) is 0 Å². The van der Waals surface area contributed by atoms with Gasteiger partial charge in [-0.25, -0.2) is 0 Å². The molecule has 0 saturated carbocycles. The summed E-state index contributed by atoms with van der Waals surface area (Å²) in [6.45, 7) is -2.05. The lowest BCUT2D eigenvalue weighted by Gasteiger charge is -2.19. The molecule has 0 aliphatic rings. The van der Waals surface area contributed by atoms with E-state index in [0.717, 1.165) is 0 Å². The Morgan fingerprint density at radius 2 is 1.18 bits per heavy atom. The Bertz CT molecular complexity index is 110. The molecule has 0 spiro atoms. The summed E-state index contributed by atoms with van der Waals surface area (Å²) >= 11 is 0. The Balaban J connectivity index is 4.43. The van der Waals surface area contributed by atoms with Gasteiger partial charge in [0.25, 0.3) is 0 Å². The predicted octanol–water partition coefficient (Wildman–Crippen LogP) is 1.68. The van der Waals surface area contributed by atoms with Crippen LogP contribution in [-0.4, -0.2) is 24.1 Å². The van der Waals surface area contributed by atoms with Crippen LogP contribution in [0.3, 0.4) is 0 Å². The van der Waals surface area contributed by atoms with E-state index in [1.165, 1.54) is 0 Å². The maximum Gasteiger partial charge on any atom is 0.406 e. The van der Waals surface area contributed by atoms with E-state index in [1.54, 1.807) is 0 Å². The van der Waals surface area contributed by atoms with Gasteiger partial charge in [-0.15, -0.1) is 0 Å². The van der Waals surface area contributed by atoms with Crippen LogP contribution in [0, 0.1) is 5.92 Å². The second-order valence-corrected chi connectivity index (χ2v) is 1.63. The lowest BCUT2D eigenvalue weighted by Crippen LogP contribution is -2.36. The van der Waals surface area contributed by atoms with E-state index in [-0.39, 0.29) is 0 Å². The van der Waals surface area contributed by atoms with Crippen molar-refractivity contribution < 1.29 is 31.4 Å². The van der Waals surface area contributed by atoms with Crippen LogP contribution in [0.5, 0.6) is 0 Å². The molecule has 0 bridgehead atoms. The number of aliphatic hydroxyl groups excluding tert-OH is 1. The summed E-state index contributed by atoms with van der Waals surface area (Å²) in [6.07, 6.45) is -11.0. The van der Waals surface area contributed by atoms with Gasteiger partial charge in [0.1, 0.15) is 0 Å². The summed E-state index contributed by atoms with van der Waals surface area (Å²) in [5.41, 5.74) is 0. The second kappa shape index (κ2) is 2.88. The number of halogens is 6. The van der Waals surface area contributed by atoms with Crippen molar-refractivity contribution in [3.8, 4) is 0 Å². The molecule has 67 valence electrons. The molecule has 0 amide bonds. The zero-order valence-corrected chi connectivity index (χ0v) is 4.92. The van der Waals surface area contributed by atoms with Gasteiger partial charge >= 0.3 is 12.4 Å². The highest BCUT2D eigenvalue weighted by Crippen LogP contribution is 2.40. The summed E-state index contributed by atoms with van der Waals surface area (Å²) in [5, 5.41) is 7.72. The van der Waals surface area contributed by atoms with Crippen molar-refractivity contribution in [1.82, 2.24) is 0 Å². The van der Waals surface area contributed by atoms with Gasteiger partial charge in [0.2, 0.25) is 5.92 Å². The summed E-state index contributed by atoms with van der Waals surface area (Å²) in [5.74, 6) is -2.79. The van der Waals surface area contributed by atoms with Gasteiger partial charge in [0.15, 0.2) is 0 Å². The third-order valence-corrected chi connectivity index (χ3v) is 0.842. The molecule has 0 saturated heterocycles. The van der Waals surface area contributed by atoms with Gasteiger partial charge in [-0.2, -0.15) is 26.3 Å². The van der Waals surface area contributed by atoms with Crippen LogP contribution in [0.4, 0.5) is 26.3 Å². The summed E-state index contributed by atoms with van der Waals surface area (Å²) < 4.78 is 67.8. The Morgan fingerprint density at radius 1 is 0.909 bits per heavy atom. The quantitative estimate of drug-likeness (QED) is 0.610. The first-order valence-electron chi connectivity index (χ1n) is 2.30. The highest BCUT2D eigenvalue weighted by atomic mass is 19.4. The van der Waals surface area contributed by atoms with Crippen molar-refractivity contribution >= 4 is 0 Å². The normalized spacial score (nSPS) is 14.2. The van der Waals surface area contributed by atoms with Crippen molar-refractivity contribution in [1.29, 1.82) is 0 Å². The fourth-order valence-corrected chi connectivity index (χ4v) is 0.340. The van der Waals surface area contributed by atoms with Crippen molar-refractivity contribution in [2.75, 3.05) is 6.61 Å². The van der Waals surface area contributed by atoms with E-state index >= 15 is 0 Å². The van der Waals surface area contributed by atoms with E-state index in [1.807, 2.05) is 0 Å². The Labute approximate surface area is 57.6 Å². The van der Waals surface area contributed by atoms with Gasteiger partial charge < -0.3 is 5.11 Å². The third kappa shape index (κ3) is 2.96. The van der Waals surface area contributed by atoms with Crippen LogP contribution in [0.2, 0.25) is 0 Å². The van der Waals surface area contributed by atoms with Crippen LogP contribution >= 0.6 is 0 Å². The third-order valence-electron chi connectivity index (χ3n) is 0.842. The first-order valence-corrected chi connectivity index (χ1v) is 2.30. The molecule has 0 aliphatic carbocycles. The van der Waals surface area contributed by atoms with E-state index in [4.69, 9.17) is 5.11 Å². The standard InChI is InChI=1S/C4H3F6O/c5-3(6,7)2(1-11)4(8,9)10/h11H,1H2. The average molecular weight is 181 g/mol. The topological polar surface area (TPSA) is 20.2 Å². The monoisotopic (exact) mass is 181 g/mol. The molecule has 7 heteroatoms. The number of aliphatic hydroxyl groups is 1. The molecule has 0 aromatic rings. The largest absolute Gasteiger partial charge is 0.406 e. The minimum atomic E-state index is -5.51.